The van der Waals surface area contributed by atoms with Crippen molar-refractivity contribution in [2.24, 2.45) is 7.05 Å². The number of aromatic nitrogens is 2. The standard InChI is InChI=1S/C16H22BrN3/c1-16(2,3)12-8-6-11(7-9-12)15-19-13(10-18-4)14(17)20(15)5/h6-9,18H,10H2,1-5H3. The number of benzene rings is 1. The Morgan fingerprint density at radius 2 is 1.80 bits per heavy atom. The monoisotopic (exact) mass is 335 g/mol. The number of rotatable bonds is 3. The van der Waals surface area contributed by atoms with Crippen molar-refractivity contribution in [1.82, 2.24) is 14.9 Å². The van der Waals surface area contributed by atoms with Crippen molar-refractivity contribution in [3.8, 4) is 11.4 Å². The van der Waals surface area contributed by atoms with Crippen LogP contribution in [-0.2, 0) is 19.0 Å². The van der Waals surface area contributed by atoms with E-state index >= 15 is 0 Å². The lowest BCUT2D eigenvalue weighted by Crippen LogP contribution is -2.10. The Morgan fingerprint density at radius 1 is 1.20 bits per heavy atom. The van der Waals surface area contributed by atoms with Gasteiger partial charge in [0.05, 0.1) is 5.69 Å². The first-order valence-electron chi connectivity index (χ1n) is 6.81. The molecule has 0 spiro atoms. The van der Waals surface area contributed by atoms with Crippen LogP contribution in [0, 0.1) is 0 Å². The molecule has 0 amide bonds. The number of hydrogen-bond donors (Lipinski definition) is 1. The first-order chi connectivity index (χ1) is 9.34. The van der Waals surface area contributed by atoms with Gasteiger partial charge in [0.25, 0.3) is 0 Å². The molecular formula is C16H22BrN3. The Labute approximate surface area is 129 Å². The van der Waals surface area contributed by atoms with E-state index in [1.54, 1.807) is 0 Å². The molecule has 1 aromatic carbocycles. The second kappa shape index (κ2) is 5.70. The van der Waals surface area contributed by atoms with E-state index < -0.39 is 0 Å². The van der Waals surface area contributed by atoms with Gasteiger partial charge in [-0.2, -0.15) is 0 Å². The van der Waals surface area contributed by atoms with Gasteiger partial charge < -0.3 is 9.88 Å². The van der Waals surface area contributed by atoms with Crippen LogP contribution >= 0.6 is 15.9 Å². The summed E-state index contributed by atoms with van der Waals surface area (Å²) in [6.07, 6.45) is 0. The fourth-order valence-corrected chi connectivity index (χ4v) is 2.59. The second-order valence-corrected chi connectivity index (χ2v) is 6.84. The van der Waals surface area contributed by atoms with E-state index in [1.807, 2.05) is 14.1 Å². The van der Waals surface area contributed by atoms with E-state index in [0.717, 1.165) is 28.2 Å². The van der Waals surface area contributed by atoms with Crippen LogP contribution in [0.4, 0.5) is 0 Å². The third-order valence-electron chi connectivity index (χ3n) is 3.44. The fourth-order valence-electron chi connectivity index (χ4n) is 2.19. The molecule has 0 fully saturated rings. The summed E-state index contributed by atoms with van der Waals surface area (Å²) in [6.45, 7) is 7.44. The zero-order valence-corrected chi connectivity index (χ0v) is 14.4. The Kier molecular flexibility index (Phi) is 4.35. The summed E-state index contributed by atoms with van der Waals surface area (Å²) < 4.78 is 3.11. The summed E-state index contributed by atoms with van der Waals surface area (Å²) in [5, 5.41) is 3.14. The molecule has 0 saturated heterocycles. The molecular weight excluding hydrogens is 314 g/mol. The van der Waals surface area contributed by atoms with E-state index in [1.165, 1.54) is 5.56 Å². The number of halogens is 1. The van der Waals surface area contributed by atoms with E-state index in [0.29, 0.717) is 0 Å². The minimum absolute atomic E-state index is 0.179. The van der Waals surface area contributed by atoms with Crippen LogP contribution in [0.1, 0.15) is 32.0 Å². The number of nitrogens with one attached hydrogen (secondary N) is 1. The van der Waals surface area contributed by atoms with Gasteiger partial charge >= 0.3 is 0 Å². The quantitative estimate of drug-likeness (QED) is 0.922. The van der Waals surface area contributed by atoms with Crippen LogP contribution in [0.15, 0.2) is 28.9 Å². The minimum atomic E-state index is 0.179. The molecule has 0 saturated carbocycles. The molecule has 2 rings (SSSR count). The van der Waals surface area contributed by atoms with E-state index in [4.69, 9.17) is 4.98 Å². The second-order valence-electron chi connectivity index (χ2n) is 6.09. The average molecular weight is 336 g/mol. The molecule has 0 bridgehead atoms. The number of nitrogens with zero attached hydrogens (tertiary/aromatic N) is 2. The van der Waals surface area contributed by atoms with E-state index in [9.17, 15) is 0 Å². The molecule has 0 unspecified atom stereocenters. The van der Waals surface area contributed by atoms with Gasteiger partial charge in [-0.05, 0) is 34.0 Å². The highest BCUT2D eigenvalue weighted by atomic mass is 79.9. The molecule has 4 heteroatoms. The highest BCUT2D eigenvalue weighted by Crippen LogP contribution is 2.28. The van der Waals surface area contributed by atoms with Crippen molar-refractivity contribution < 1.29 is 0 Å². The third kappa shape index (κ3) is 2.96. The molecule has 2 aromatic rings. The molecule has 0 aliphatic heterocycles. The lowest BCUT2D eigenvalue weighted by molar-refractivity contribution is 0.590. The Bertz CT molecular complexity index is 591. The molecule has 0 radical (unpaired) electrons. The molecule has 0 aliphatic rings. The maximum absolute atomic E-state index is 4.71. The van der Waals surface area contributed by atoms with Crippen molar-refractivity contribution in [2.45, 2.75) is 32.7 Å². The summed E-state index contributed by atoms with van der Waals surface area (Å²) in [5.41, 5.74) is 3.69. The van der Waals surface area contributed by atoms with Crippen molar-refractivity contribution in [3.63, 3.8) is 0 Å². The van der Waals surface area contributed by atoms with Crippen LogP contribution in [0.2, 0.25) is 0 Å². The normalized spacial score (nSPS) is 11.9. The van der Waals surface area contributed by atoms with Crippen LogP contribution in [0.3, 0.4) is 0 Å². The summed E-state index contributed by atoms with van der Waals surface area (Å²) in [4.78, 5) is 4.71. The van der Waals surface area contributed by atoms with Gasteiger partial charge in [0.2, 0.25) is 0 Å². The first-order valence-corrected chi connectivity index (χ1v) is 7.60. The lowest BCUT2D eigenvalue weighted by atomic mass is 9.87. The average Bonchev–Trinajstić information content (AvgIpc) is 2.67. The summed E-state index contributed by atoms with van der Waals surface area (Å²) in [6, 6.07) is 8.68. The maximum atomic E-state index is 4.71. The highest BCUT2D eigenvalue weighted by Gasteiger charge is 2.16. The highest BCUT2D eigenvalue weighted by molar-refractivity contribution is 9.10. The van der Waals surface area contributed by atoms with Gasteiger partial charge in [-0.1, -0.05) is 45.0 Å². The first kappa shape index (κ1) is 15.3. The minimum Gasteiger partial charge on any atom is -0.322 e. The molecule has 20 heavy (non-hydrogen) atoms. The van der Waals surface area contributed by atoms with Gasteiger partial charge in [-0.15, -0.1) is 0 Å². The fraction of sp³-hybridized carbons (Fsp3) is 0.438. The SMILES string of the molecule is CNCc1nc(-c2ccc(C(C)(C)C)cc2)n(C)c1Br. The largest absolute Gasteiger partial charge is 0.322 e. The molecule has 1 heterocycles. The van der Waals surface area contributed by atoms with Gasteiger partial charge in [0.15, 0.2) is 0 Å². The molecule has 0 atom stereocenters. The zero-order chi connectivity index (χ0) is 14.9. The Balaban J connectivity index is 2.39. The van der Waals surface area contributed by atoms with Crippen molar-refractivity contribution >= 4 is 15.9 Å². The summed E-state index contributed by atoms with van der Waals surface area (Å²) in [5.74, 6) is 0.989. The third-order valence-corrected chi connectivity index (χ3v) is 4.43. The Hall–Kier alpha value is -1.13. The number of imidazole rings is 1. The molecule has 1 aromatic heterocycles. The van der Waals surface area contributed by atoms with E-state index in [-0.39, 0.29) is 5.41 Å². The topological polar surface area (TPSA) is 29.9 Å². The lowest BCUT2D eigenvalue weighted by Gasteiger charge is -2.19. The summed E-state index contributed by atoms with van der Waals surface area (Å²) >= 11 is 3.61. The molecule has 0 aliphatic carbocycles. The molecule has 1 N–H and O–H groups in total. The Morgan fingerprint density at radius 3 is 2.30 bits per heavy atom. The van der Waals surface area contributed by atoms with Crippen LogP contribution < -0.4 is 5.32 Å². The molecule has 108 valence electrons. The maximum Gasteiger partial charge on any atom is 0.140 e. The number of hydrogen-bond acceptors (Lipinski definition) is 2. The summed E-state index contributed by atoms with van der Waals surface area (Å²) in [7, 11) is 3.96. The van der Waals surface area contributed by atoms with Gasteiger partial charge in [0.1, 0.15) is 10.4 Å². The van der Waals surface area contributed by atoms with Crippen LogP contribution in [0.25, 0.3) is 11.4 Å². The van der Waals surface area contributed by atoms with Crippen molar-refractivity contribution in [3.05, 3.63) is 40.1 Å². The van der Waals surface area contributed by atoms with Crippen molar-refractivity contribution in [2.75, 3.05) is 7.05 Å². The predicted molar refractivity (Wildman–Crippen MR) is 87.8 cm³/mol. The van der Waals surface area contributed by atoms with Crippen LogP contribution in [0.5, 0.6) is 0 Å². The van der Waals surface area contributed by atoms with Gasteiger partial charge in [-0.3, -0.25) is 0 Å². The zero-order valence-electron chi connectivity index (χ0n) is 12.8. The van der Waals surface area contributed by atoms with Gasteiger partial charge in [-0.25, -0.2) is 4.98 Å². The van der Waals surface area contributed by atoms with Crippen molar-refractivity contribution in [1.29, 1.82) is 0 Å². The van der Waals surface area contributed by atoms with Crippen LogP contribution in [-0.4, -0.2) is 16.6 Å². The molecule has 3 nitrogen and oxygen atoms in total. The van der Waals surface area contributed by atoms with Gasteiger partial charge in [0, 0.05) is 19.2 Å². The van der Waals surface area contributed by atoms with E-state index in [2.05, 4.69) is 70.9 Å². The predicted octanol–water partition coefficient (Wildman–Crippen LogP) is 3.87. The smallest absolute Gasteiger partial charge is 0.140 e.